The van der Waals surface area contributed by atoms with Crippen molar-refractivity contribution in [1.29, 1.82) is 0 Å². The summed E-state index contributed by atoms with van der Waals surface area (Å²) in [4.78, 5) is 17.0. The average Bonchev–Trinajstić information content (AvgIpc) is 3.14. The minimum Gasteiger partial charge on any atom is -0.458 e. The van der Waals surface area contributed by atoms with Crippen LogP contribution in [0.4, 0.5) is 0 Å². The molecule has 1 N–H and O–H groups in total. The fraction of sp³-hybridized carbons (Fsp3) is 0.600. The Labute approximate surface area is 153 Å². The van der Waals surface area contributed by atoms with Gasteiger partial charge in [0.2, 0.25) is 5.91 Å². The van der Waals surface area contributed by atoms with Gasteiger partial charge in [-0.05, 0) is 56.8 Å². The maximum Gasteiger partial charge on any atom is 0.222 e. The van der Waals surface area contributed by atoms with Gasteiger partial charge in [-0.1, -0.05) is 0 Å². The highest BCUT2D eigenvalue weighted by atomic mass is 16.3. The monoisotopic (exact) mass is 354 g/mol. The van der Waals surface area contributed by atoms with Gasteiger partial charge in [0, 0.05) is 37.2 Å². The van der Waals surface area contributed by atoms with Crippen LogP contribution in [-0.4, -0.2) is 51.6 Å². The van der Waals surface area contributed by atoms with Gasteiger partial charge in [-0.2, -0.15) is 5.10 Å². The number of piperidine rings is 2. The molecule has 26 heavy (non-hydrogen) atoms. The molecule has 0 aromatic carbocycles. The first-order chi connectivity index (χ1) is 12.7. The molecule has 1 atom stereocenters. The van der Waals surface area contributed by atoms with Crippen LogP contribution < -0.4 is 0 Å². The Kier molecular flexibility index (Phi) is 3.89. The summed E-state index contributed by atoms with van der Waals surface area (Å²) in [7, 11) is 0. The third-order valence-corrected chi connectivity index (χ3v) is 6.23. The van der Waals surface area contributed by atoms with E-state index in [0.717, 1.165) is 56.2 Å². The molecule has 1 spiro atoms. The molecular weight excluding hydrogens is 328 g/mol. The van der Waals surface area contributed by atoms with Gasteiger partial charge in [-0.3, -0.25) is 14.8 Å². The number of nitrogens with one attached hydrogen (secondary N) is 1. The second-order valence-electron chi connectivity index (χ2n) is 8.30. The number of rotatable bonds is 4. The number of aromatic nitrogens is 2. The van der Waals surface area contributed by atoms with Crippen LogP contribution in [0, 0.1) is 5.41 Å². The van der Waals surface area contributed by atoms with Crippen LogP contribution >= 0.6 is 0 Å². The quantitative estimate of drug-likeness (QED) is 0.916. The number of aromatic amines is 1. The predicted octanol–water partition coefficient (Wildman–Crippen LogP) is 3.04. The summed E-state index contributed by atoms with van der Waals surface area (Å²) in [5, 5.41) is 6.93. The van der Waals surface area contributed by atoms with Crippen LogP contribution in [0.3, 0.4) is 0 Å². The van der Waals surface area contributed by atoms with Crippen molar-refractivity contribution in [2.45, 2.75) is 51.1 Å². The Bertz CT molecular complexity index is 780. The number of nitrogens with zero attached hydrogens (tertiary/aromatic N) is 3. The van der Waals surface area contributed by atoms with Crippen LogP contribution in [0.15, 0.2) is 28.8 Å². The molecule has 2 aliphatic heterocycles. The van der Waals surface area contributed by atoms with Crippen molar-refractivity contribution in [3.05, 3.63) is 30.2 Å². The van der Waals surface area contributed by atoms with Crippen molar-refractivity contribution >= 4 is 5.91 Å². The minimum absolute atomic E-state index is 0.285. The predicted molar refractivity (Wildman–Crippen MR) is 97.2 cm³/mol. The Morgan fingerprint density at radius 2 is 2.15 bits per heavy atom. The van der Waals surface area contributed by atoms with Crippen molar-refractivity contribution < 1.29 is 9.21 Å². The van der Waals surface area contributed by atoms with Crippen molar-refractivity contribution in [2.24, 2.45) is 5.41 Å². The van der Waals surface area contributed by atoms with Crippen LogP contribution in [0.1, 0.15) is 44.3 Å². The Hall–Kier alpha value is -2.08. The first kappa shape index (κ1) is 16.1. The van der Waals surface area contributed by atoms with E-state index in [9.17, 15) is 4.79 Å². The Morgan fingerprint density at radius 1 is 1.23 bits per heavy atom. The number of hydrogen-bond donors (Lipinski definition) is 1. The molecule has 0 bridgehead atoms. The Morgan fingerprint density at radius 3 is 2.96 bits per heavy atom. The maximum absolute atomic E-state index is 12.3. The van der Waals surface area contributed by atoms with Gasteiger partial charge in [0.05, 0.1) is 6.54 Å². The van der Waals surface area contributed by atoms with E-state index in [4.69, 9.17) is 4.42 Å². The van der Waals surface area contributed by atoms with E-state index in [1.165, 1.54) is 25.7 Å². The fourth-order valence-electron chi connectivity index (χ4n) is 4.76. The molecule has 4 heterocycles. The van der Waals surface area contributed by atoms with Crippen LogP contribution in [0.5, 0.6) is 0 Å². The lowest BCUT2D eigenvalue weighted by molar-refractivity contribution is -0.140. The fourth-order valence-corrected chi connectivity index (χ4v) is 4.76. The van der Waals surface area contributed by atoms with E-state index < -0.39 is 0 Å². The first-order valence-electron chi connectivity index (χ1n) is 9.81. The average molecular weight is 354 g/mol. The minimum atomic E-state index is 0.285. The van der Waals surface area contributed by atoms with Crippen LogP contribution in [-0.2, 0) is 11.3 Å². The van der Waals surface area contributed by atoms with Crippen LogP contribution in [0.2, 0.25) is 0 Å². The standard InChI is InChI=1S/C20H26N4O2/c25-19-6-9-20(14-24(19)15-2-3-15)8-1-11-23(13-20)12-16-4-5-18(26-16)17-7-10-21-22-17/h4-5,7,10,15H,1-3,6,8-9,11-14H2,(H,21,22)/t20-/m1/s1. The molecule has 138 valence electrons. The molecule has 1 aliphatic carbocycles. The molecule has 2 aromatic heterocycles. The summed E-state index contributed by atoms with van der Waals surface area (Å²) in [5.41, 5.74) is 1.20. The summed E-state index contributed by atoms with van der Waals surface area (Å²) in [6.07, 6.45) is 8.38. The Balaban J connectivity index is 1.26. The van der Waals surface area contributed by atoms with Gasteiger partial charge in [-0.15, -0.1) is 0 Å². The highest BCUT2D eigenvalue weighted by molar-refractivity contribution is 5.78. The van der Waals surface area contributed by atoms with Gasteiger partial charge in [-0.25, -0.2) is 0 Å². The summed E-state index contributed by atoms with van der Waals surface area (Å²) in [5.74, 6) is 2.22. The highest BCUT2D eigenvalue weighted by Crippen LogP contribution is 2.42. The first-order valence-corrected chi connectivity index (χ1v) is 9.81. The number of likely N-dealkylation sites (tertiary alicyclic amines) is 2. The summed E-state index contributed by atoms with van der Waals surface area (Å²) < 4.78 is 6.02. The van der Waals surface area contributed by atoms with Gasteiger partial charge in [0.25, 0.3) is 0 Å². The zero-order chi connectivity index (χ0) is 17.6. The van der Waals surface area contributed by atoms with Gasteiger partial charge in [0.15, 0.2) is 5.76 Å². The molecular formula is C20H26N4O2. The lowest BCUT2D eigenvalue weighted by Gasteiger charge is -2.48. The highest BCUT2D eigenvalue weighted by Gasteiger charge is 2.45. The van der Waals surface area contributed by atoms with Crippen molar-refractivity contribution in [3.63, 3.8) is 0 Å². The smallest absolute Gasteiger partial charge is 0.222 e. The number of carbonyl (C=O) groups excluding carboxylic acids is 1. The number of hydrogen-bond acceptors (Lipinski definition) is 4. The lowest BCUT2D eigenvalue weighted by atomic mass is 9.73. The van der Waals surface area contributed by atoms with Crippen molar-refractivity contribution in [3.8, 4) is 11.5 Å². The molecule has 5 rings (SSSR count). The molecule has 0 unspecified atom stereocenters. The number of amides is 1. The van der Waals surface area contributed by atoms with E-state index in [1.807, 2.05) is 12.1 Å². The molecule has 6 nitrogen and oxygen atoms in total. The normalized spacial score (nSPS) is 27.4. The molecule has 1 saturated carbocycles. The molecule has 2 saturated heterocycles. The number of furan rings is 1. The zero-order valence-electron chi connectivity index (χ0n) is 15.1. The van der Waals surface area contributed by atoms with Crippen molar-refractivity contribution in [2.75, 3.05) is 19.6 Å². The molecule has 6 heteroatoms. The van der Waals surface area contributed by atoms with E-state index in [-0.39, 0.29) is 5.41 Å². The molecule has 3 aliphatic rings. The van der Waals surface area contributed by atoms with E-state index in [2.05, 4.69) is 26.1 Å². The van der Waals surface area contributed by atoms with Crippen molar-refractivity contribution in [1.82, 2.24) is 20.0 Å². The van der Waals surface area contributed by atoms with Crippen LogP contribution in [0.25, 0.3) is 11.5 Å². The summed E-state index contributed by atoms with van der Waals surface area (Å²) in [6, 6.07) is 6.54. The second-order valence-corrected chi connectivity index (χ2v) is 8.30. The third-order valence-electron chi connectivity index (χ3n) is 6.23. The van der Waals surface area contributed by atoms with Gasteiger partial charge in [0.1, 0.15) is 11.5 Å². The molecule has 3 fully saturated rings. The molecule has 2 aromatic rings. The third kappa shape index (κ3) is 3.07. The largest absolute Gasteiger partial charge is 0.458 e. The number of carbonyl (C=O) groups is 1. The van der Waals surface area contributed by atoms with Gasteiger partial charge >= 0.3 is 0 Å². The van der Waals surface area contributed by atoms with E-state index >= 15 is 0 Å². The topological polar surface area (TPSA) is 65.4 Å². The summed E-state index contributed by atoms with van der Waals surface area (Å²) in [6.45, 7) is 3.99. The maximum atomic E-state index is 12.3. The summed E-state index contributed by atoms with van der Waals surface area (Å²) >= 11 is 0. The van der Waals surface area contributed by atoms with E-state index in [0.29, 0.717) is 11.9 Å². The zero-order valence-corrected chi connectivity index (χ0v) is 15.1. The number of H-pyrrole nitrogens is 1. The molecule has 1 amide bonds. The van der Waals surface area contributed by atoms with Gasteiger partial charge < -0.3 is 9.32 Å². The molecule has 0 radical (unpaired) electrons. The second kappa shape index (κ2) is 6.27. The van der Waals surface area contributed by atoms with E-state index in [1.54, 1.807) is 6.20 Å². The SMILES string of the molecule is O=C1CC[C@@]2(CCCN(Cc3ccc(-c4ccn[nH]4)o3)C2)CN1C1CC1. The lowest BCUT2D eigenvalue weighted by Crippen LogP contribution is -2.54.